The Hall–Kier alpha value is -2.78. The monoisotopic (exact) mass is 384 g/mol. The predicted molar refractivity (Wildman–Crippen MR) is 102 cm³/mol. The maximum atomic E-state index is 12.2. The summed E-state index contributed by atoms with van der Waals surface area (Å²) < 4.78 is 29.1. The lowest BCUT2D eigenvalue weighted by Gasteiger charge is -2.09. The van der Waals surface area contributed by atoms with Crippen LogP contribution in [-0.4, -0.2) is 34.0 Å². The van der Waals surface area contributed by atoms with Gasteiger partial charge in [-0.05, 0) is 50.1 Å². The number of aromatic nitrogens is 4. The van der Waals surface area contributed by atoms with E-state index in [0.717, 1.165) is 30.1 Å². The number of aryl methyl sites for hydroxylation is 1. The molecule has 0 unspecified atom stereocenters. The van der Waals surface area contributed by atoms with E-state index in [1.807, 2.05) is 24.6 Å². The van der Waals surface area contributed by atoms with Gasteiger partial charge in [0, 0.05) is 25.0 Å². The fourth-order valence-corrected chi connectivity index (χ4v) is 3.94. The quantitative estimate of drug-likeness (QED) is 0.676. The second-order valence-corrected chi connectivity index (χ2v) is 8.27. The Bertz CT molecular complexity index is 1070. The normalized spacial score (nSPS) is 14.3. The van der Waals surface area contributed by atoms with Crippen LogP contribution >= 0.6 is 0 Å². The first-order chi connectivity index (χ1) is 12.9. The van der Waals surface area contributed by atoms with Gasteiger partial charge in [-0.3, -0.25) is 0 Å². The molecule has 0 saturated heterocycles. The van der Waals surface area contributed by atoms with Gasteiger partial charge in [-0.2, -0.15) is 0 Å². The van der Waals surface area contributed by atoms with E-state index in [-0.39, 0.29) is 10.9 Å². The first-order valence-corrected chi connectivity index (χ1v) is 10.1. The van der Waals surface area contributed by atoms with Gasteiger partial charge >= 0.3 is 0 Å². The molecule has 0 atom stereocenters. The van der Waals surface area contributed by atoms with Gasteiger partial charge in [0.15, 0.2) is 0 Å². The van der Waals surface area contributed by atoms with Crippen LogP contribution < -0.4 is 10.0 Å². The Morgan fingerprint density at radius 2 is 1.85 bits per heavy atom. The molecule has 0 aliphatic heterocycles. The van der Waals surface area contributed by atoms with Gasteiger partial charge < -0.3 is 9.88 Å². The molecule has 3 aromatic rings. The molecule has 1 fully saturated rings. The minimum absolute atomic E-state index is 0.0829. The Morgan fingerprint density at radius 1 is 1.11 bits per heavy atom. The van der Waals surface area contributed by atoms with Crippen molar-refractivity contribution in [3.63, 3.8) is 0 Å². The summed E-state index contributed by atoms with van der Waals surface area (Å²) in [6, 6.07) is 8.45. The van der Waals surface area contributed by atoms with Crippen LogP contribution in [0, 0.1) is 6.92 Å². The summed E-state index contributed by atoms with van der Waals surface area (Å²) in [5.74, 6) is 1.33. The maximum Gasteiger partial charge on any atom is 0.240 e. The second-order valence-electron chi connectivity index (χ2n) is 6.56. The lowest BCUT2D eigenvalue weighted by atomic mass is 10.3. The summed E-state index contributed by atoms with van der Waals surface area (Å²) in [4.78, 5) is 13.3. The van der Waals surface area contributed by atoms with Crippen molar-refractivity contribution in [1.29, 1.82) is 0 Å². The summed E-state index contributed by atoms with van der Waals surface area (Å²) in [5, 5.41) is 3.10. The molecule has 0 amide bonds. The third-order valence-electron chi connectivity index (χ3n) is 4.46. The molecular formula is C18H20N6O2S. The standard InChI is InChI=1S/C18H20N6O2S/c1-12-20-11-17(24(12)2)16-9-10-19-18(22-16)21-13-5-7-15(8-6-13)27(25,26)23-14-3-4-14/h5-11,14,23H,3-4H2,1-2H3,(H,19,21,22). The molecule has 140 valence electrons. The zero-order valence-electron chi connectivity index (χ0n) is 15.0. The second kappa shape index (κ2) is 6.75. The van der Waals surface area contributed by atoms with Crippen LogP contribution in [0.25, 0.3) is 11.4 Å². The first-order valence-electron chi connectivity index (χ1n) is 8.63. The predicted octanol–water partition coefficient (Wildman–Crippen LogP) is 2.37. The summed E-state index contributed by atoms with van der Waals surface area (Å²) >= 11 is 0. The van der Waals surface area contributed by atoms with Crippen LogP contribution in [0.4, 0.5) is 11.6 Å². The largest absolute Gasteiger partial charge is 0.330 e. The highest BCUT2D eigenvalue weighted by atomic mass is 32.2. The van der Waals surface area contributed by atoms with Crippen LogP contribution in [0.3, 0.4) is 0 Å². The first kappa shape index (κ1) is 17.6. The van der Waals surface area contributed by atoms with Gasteiger partial charge in [-0.15, -0.1) is 0 Å². The Morgan fingerprint density at radius 3 is 2.48 bits per heavy atom. The highest BCUT2D eigenvalue weighted by Gasteiger charge is 2.27. The third-order valence-corrected chi connectivity index (χ3v) is 5.99. The smallest absolute Gasteiger partial charge is 0.240 e. The molecule has 27 heavy (non-hydrogen) atoms. The van der Waals surface area contributed by atoms with E-state index in [9.17, 15) is 8.42 Å². The lowest BCUT2D eigenvalue weighted by Crippen LogP contribution is -2.25. The molecule has 1 aliphatic carbocycles. The number of hydrogen-bond donors (Lipinski definition) is 2. The highest BCUT2D eigenvalue weighted by molar-refractivity contribution is 7.89. The number of sulfonamides is 1. The molecule has 0 radical (unpaired) electrons. The summed E-state index contributed by atoms with van der Waals surface area (Å²) in [6.45, 7) is 1.93. The van der Waals surface area contributed by atoms with Gasteiger partial charge in [-0.25, -0.2) is 28.1 Å². The number of nitrogens with one attached hydrogen (secondary N) is 2. The Kier molecular flexibility index (Phi) is 4.40. The molecule has 2 aromatic heterocycles. The zero-order chi connectivity index (χ0) is 19.0. The summed E-state index contributed by atoms with van der Waals surface area (Å²) in [7, 11) is -1.52. The summed E-state index contributed by atoms with van der Waals surface area (Å²) in [6.07, 6.45) is 5.25. The Balaban J connectivity index is 1.52. The van der Waals surface area contributed by atoms with Crippen LogP contribution in [0.15, 0.2) is 47.6 Å². The molecule has 1 saturated carbocycles. The highest BCUT2D eigenvalue weighted by Crippen LogP contribution is 2.24. The molecule has 2 N–H and O–H groups in total. The van der Waals surface area contributed by atoms with E-state index in [1.165, 1.54) is 0 Å². The average molecular weight is 384 g/mol. The van der Waals surface area contributed by atoms with Gasteiger partial charge in [0.2, 0.25) is 16.0 Å². The van der Waals surface area contributed by atoms with Crippen molar-refractivity contribution >= 4 is 21.7 Å². The number of anilines is 2. The van der Waals surface area contributed by atoms with E-state index in [2.05, 4.69) is 25.0 Å². The molecule has 1 aliphatic rings. The molecule has 0 spiro atoms. The van der Waals surface area contributed by atoms with E-state index in [1.54, 1.807) is 36.7 Å². The fraction of sp³-hybridized carbons (Fsp3) is 0.278. The van der Waals surface area contributed by atoms with E-state index in [4.69, 9.17) is 0 Å². The molecule has 0 bridgehead atoms. The van der Waals surface area contributed by atoms with Gasteiger partial charge in [0.1, 0.15) is 5.82 Å². The van der Waals surface area contributed by atoms with Crippen molar-refractivity contribution in [2.45, 2.75) is 30.7 Å². The van der Waals surface area contributed by atoms with Crippen LogP contribution in [0.1, 0.15) is 18.7 Å². The summed E-state index contributed by atoms with van der Waals surface area (Å²) in [5.41, 5.74) is 2.35. The number of imidazole rings is 1. The lowest BCUT2D eigenvalue weighted by molar-refractivity contribution is 0.581. The van der Waals surface area contributed by atoms with Crippen LogP contribution in [-0.2, 0) is 17.1 Å². The molecule has 9 heteroatoms. The molecular weight excluding hydrogens is 364 g/mol. The van der Waals surface area contributed by atoms with E-state index in [0.29, 0.717) is 11.6 Å². The van der Waals surface area contributed by atoms with Crippen LogP contribution in [0.2, 0.25) is 0 Å². The van der Waals surface area contributed by atoms with Gasteiger partial charge in [-0.1, -0.05) is 0 Å². The zero-order valence-corrected chi connectivity index (χ0v) is 15.9. The SMILES string of the molecule is Cc1ncc(-c2ccnc(Nc3ccc(S(=O)(=O)NC4CC4)cc3)n2)n1C. The topological polar surface area (TPSA) is 102 Å². The average Bonchev–Trinajstić information content (AvgIpc) is 3.39. The van der Waals surface area contributed by atoms with Crippen molar-refractivity contribution in [3.8, 4) is 11.4 Å². The molecule has 4 rings (SSSR count). The van der Waals surface area contributed by atoms with Gasteiger partial charge in [0.25, 0.3) is 0 Å². The maximum absolute atomic E-state index is 12.2. The number of benzene rings is 1. The number of hydrogen-bond acceptors (Lipinski definition) is 6. The third kappa shape index (κ3) is 3.83. The van der Waals surface area contributed by atoms with Crippen molar-refractivity contribution in [3.05, 3.63) is 48.5 Å². The van der Waals surface area contributed by atoms with Crippen molar-refractivity contribution < 1.29 is 8.42 Å². The van der Waals surface area contributed by atoms with Crippen molar-refractivity contribution in [2.75, 3.05) is 5.32 Å². The van der Waals surface area contributed by atoms with Crippen LogP contribution in [0.5, 0.6) is 0 Å². The van der Waals surface area contributed by atoms with E-state index < -0.39 is 10.0 Å². The van der Waals surface area contributed by atoms with Crippen molar-refractivity contribution in [2.24, 2.45) is 7.05 Å². The van der Waals surface area contributed by atoms with Crippen molar-refractivity contribution in [1.82, 2.24) is 24.2 Å². The Labute approximate surface area is 157 Å². The van der Waals surface area contributed by atoms with Gasteiger partial charge in [0.05, 0.1) is 22.5 Å². The number of rotatable bonds is 6. The minimum Gasteiger partial charge on any atom is -0.330 e. The fourth-order valence-electron chi connectivity index (χ4n) is 2.64. The molecule has 1 aromatic carbocycles. The molecule has 2 heterocycles. The van der Waals surface area contributed by atoms with E-state index >= 15 is 0 Å². The number of nitrogens with zero attached hydrogens (tertiary/aromatic N) is 4. The minimum atomic E-state index is -3.45. The molecule has 8 nitrogen and oxygen atoms in total.